The zero-order valence-electron chi connectivity index (χ0n) is 21.4. The Labute approximate surface area is 216 Å². The SMILES string of the molecule is CNC(=O)CCc1cn(CC(=O)NC2C(OC(C)=O)OC(C(=O)C(C)=O)C(OC(C)=O)C2OC(C)=O)nn1. The molecule has 0 aliphatic carbocycles. The van der Waals surface area contributed by atoms with Crippen LogP contribution in [0.25, 0.3) is 0 Å². The molecule has 0 aromatic carbocycles. The Hall–Kier alpha value is -4.21. The first-order chi connectivity index (χ1) is 17.8. The van der Waals surface area contributed by atoms with Crippen molar-refractivity contribution in [3.05, 3.63) is 11.9 Å². The maximum atomic E-state index is 12.9. The van der Waals surface area contributed by atoms with Gasteiger partial charge in [0.25, 0.3) is 0 Å². The number of amides is 2. The molecule has 1 fully saturated rings. The van der Waals surface area contributed by atoms with Crippen LogP contribution in [0.15, 0.2) is 6.20 Å². The molecule has 2 amide bonds. The highest BCUT2D eigenvalue weighted by Crippen LogP contribution is 2.28. The molecule has 1 aromatic heterocycles. The summed E-state index contributed by atoms with van der Waals surface area (Å²) >= 11 is 0. The standard InChI is InChI=1S/C22H29N5O11/c1-10(28)18(34)20-21(36-12(3)30)19(35-11(2)29)17(22(38-20)37-13(4)31)24-16(33)9-27-8-14(25-26-27)6-7-15(32)23-5/h8,17,19-22H,6-7,9H2,1-5H3,(H,23,32)(H,24,33). The average Bonchev–Trinajstić information content (AvgIpc) is 3.26. The largest absolute Gasteiger partial charge is 0.456 e. The molecule has 1 aliphatic rings. The number of esters is 3. The smallest absolute Gasteiger partial charge is 0.305 e. The van der Waals surface area contributed by atoms with Gasteiger partial charge in [-0.1, -0.05) is 5.21 Å². The van der Waals surface area contributed by atoms with Crippen molar-refractivity contribution in [3.63, 3.8) is 0 Å². The van der Waals surface area contributed by atoms with Crippen molar-refractivity contribution in [2.75, 3.05) is 7.05 Å². The summed E-state index contributed by atoms with van der Waals surface area (Å²) < 4.78 is 22.2. The number of nitrogens with zero attached hydrogens (tertiary/aromatic N) is 3. The summed E-state index contributed by atoms with van der Waals surface area (Å²) in [5, 5.41) is 12.7. The van der Waals surface area contributed by atoms with Gasteiger partial charge in [0.1, 0.15) is 12.6 Å². The van der Waals surface area contributed by atoms with Gasteiger partial charge >= 0.3 is 17.9 Å². The lowest BCUT2D eigenvalue weighted by Crippen LogP contribution is -2.68. The molecule has 208 valence electrons. The van der Waals surface area contributed by atoms with Crippen LogP contribution < -0.4 is 10.6 Å². The zero-order chi connectivity index (χ0) is 28.6. The number of aromatic nitrogens is 3. The van der Waals surface area contributed by atoms with Gasteiger partial charge in [-0.05, 0) is 0 Å². The van der Waals surface area contributed by atoms with Gasteiger partial charge in [0.15, 0.2) is 24.1 Å². The fourth-order valence-electron chi connectivity index (χ4n) is 3.59. The number of nitrogens with one attached hydrogen (secondary N) is 2. The number of Topliss-reactive ketones (excluding diaryl/α,β-unsaturated/α-hetero) is 2. The van der Waals surface area contributed by atoms with Crippen molar-refractivity contribution < 1.29 is 52.5 Å². The average molecular weight is 539 g/mol. The van der Waals surface area contributed by atoms with Crippen molar-refractivity contribution in [1.29, 1.82) is 0 Å². The van der Waals surface area contributed by atoms with Gasteiger partial charge < -0.3 is 29.6 Å². The molecule has 2 rings (SSSR count). The highest BCUT2D eigenvalue weighted by Gasteiger charge is 2.54. The third kappa shape index (κ3) is 8.43. The number of aryl methyl sites for hydroxylation is 1. The third-order valence-corrected chi connectivity index (χ3v) is 5.15. The molecule has 0 radical (unpaired) electrons. The number of carbonyl (C=O) groups is 7. The molecule has 16 heteroatoms. The van der Waals surface area contributed by atoms with Gasteiger partial charge in [-0.3, -0.25) is 33.6 Å². The van der Waals surface area contributed by atoms with Crippen molar-refractivity contribution >= 4 is 41.3 Å². The minimum atomic E-state index is -1.79. The van der Waals surface area contributed by atoms with Crippen LogP contribution in [-0.2, 0) is 65.5 Å². The van der Waals surface area contributed by atoms with Crippen molar-refractivity contribution in [3.8, 4) is 0 Å². The van der Waals surface area contributed by atoms with Gasteiger partial charge in [0.2, 0.25) is 23.9 Å². The lowest BCUT2D eigenvalue weighted by atomic mass is 9.92. The Kier molecular flexibility index (Phi) is 10.6. The fraction of sp³-hybridized carbons (Fsp3) is 0.591. The Morgan fingerprint density at radius 1 is 0.921 bits per heavy atom. The lowest BCUT2D eigenvalue weighted by Gasteiger charge is -2.43. The summed E-state index contributed by atoms with van der Waals surface area (Å²) in [4.78, 5) is 84.1. The van der Waals surface area contributed by atoms with Crippen LogP contribution in [0.1, 0.15) is 39.8 Å². The predicted molar refractivity (Wildman–Crippen MR) is 122 cm³/mol. The molecule has 0 spiro atoms. The van der Waals surface area contributed by atoms with Crippen LogP contribution in [-0.4, -0.2) is 94.0 Å². The molecule has 5 unspecified atom stereocenters. The molecular formula is C22H29N5O11. The summed E-state index contributed by atoms with van der Waals surface area (Å²) in [5.41, 5.74) is 0.443. The molecule has 1 aliphatic heterocycles. The number of ether oxygens (including phenoxy) is 4. The summed E-state index contributed by atoms with van der Waals surface area (Å²) in [5.74, 6) is -5.72. The van der Waals surface area contributed by atoms with Crippen LogP contribution in [0.4, 0.5) is 0 Å². The third-order valence-electron chi connectivity index (χ3n) is 5.15. The van der Waals surface area contributed by atoms with Crippen LogP contribution in [0.3, 0.4) is 0 Å². The van der Waals surface area contributed by atoms with E-state index in [-0.39, 0.29) is 18.7 Å². The van der Waals surface area contributed by atoms with Crippen LogP contribution in [0.2, 0.25) is 0 Å². The second-order valence-corrected chi connectivity index (χ2v) is 8.28. The van der Waals surface area contributed by atoms with E-state index >= 15 is 0 Å². The second kappa shape index (κ2) is 13.4. The summed E-state index contributed by atoms with van der Waals surface area (Å²) in [7, 11) is 1.49. The highest BCUT2D eigenvalue weighted by atomic mass is 16.7. The monoisotopic (exact) mass is 539 g/mol. The van der Waals surface area contributed by atoms with Gasteiger partial charge in [-0.25, -0.2) is 4.68 Å². The Morgan fingerprint density at radius 3 is 2.08 bits per heavy atom. The summed E-state index contributed by atoms with van der Waals surface area (Å²) in [6.07, 6.45) is -4.88. The molecule has 2 heterocycles. The van der Waals surface area contributed by atoms with Crippen LogP contribution in [0.5, 0.6) is 0 Å². The van der Waals surface area contributed by atoms with E-state index in [1.54, 1.807) is 0 Å². The van der Waals surface area contributed by atoms with E-state index in [0.29, 0.717) is 5.69 Å². The van der Waals surface area contributed by atoms with E-state index in [4.69, 9.17) is 18.9 Å². The van der Waals surface area contributed by atoms with Crippen LogP contribution in [0, 0.1) is 0 Å². The predicted octanol–water partition coefficient (Wildman–Crippen LogP) is -2.25. The molecule has 5 atom stereocenters. The minimum Gasteiger partial charge on any atom is -0.456 e. The minimum absolute atomic E-state index is 0.159. The van der Waals surface area contributed by atoms with E-state index in [2.05, 4.69) is 20.9 Å². The van der Waals surface area contributed by atoms with E-state index in [9.17, 15) is 33.6 Å². The van der Waals surface area contributed by atoms with Crippen molar-refractivity contribution in [2.24, 2.45) is 0 Å². The second-order valence-electron chi connectivity index (χ2n) is 8.28. The highest BCUT2D eigenvalue weighted by molar-refractivity contribution is 6.38. The number of hydrogen-bond donors (Lipinski definition) is 2. The topological polar surface area (TPSA) is 211 Å². The first kappa shape index (κ1) is 30.0. The molecule has 16 nitrogen and oxygen atoms in total. The van der Waals surface area contributed by atoms with E-state index in [1.165, 1.54) is 17.9 Å². The van der Waals surface area contributed by atoms with Gasteiger partial charge in [0, 0.05) is 53.8 Å². The number of carbonyl (C=O) groups excluding carboxylic acids is 7. The molecule has 2 N–H and O–H groups in total. The maximum absolute atomic E-state index is 12.9. The molecule has 1 aromatic rings. The quantitative estimate of drug-likeness (QED) is 0.173. The van der Waals surface area contributed by atoms with E-state index < -0.39 is 72.6 Å². The Balaban J connectivity index is 2.33. The normalized spacial score (nSPS) is 22.5. The van der Waals surface area contributed by atoms with Crippen molar-refractivity contribution in [1.82, 2.24) is 25.6 Å². The molecular weight excluding hydrogens is 510 g/mol. The van der Waals surface area contributed by atoms with Crippen molar-refractivity contribution in [2.45, 2.75) is 77.7 Å². The zero-order valence-corrected chi connectivity index (χ0v) is 21.4. The molecule has 0 bridgehead atoms. The first-order valence-electron chi connectivity index (χ1n) is 11.4. The van der Waals surface area contributed by atoms with E-state index in [0.717, 1.165) is 27.7 Å². The van der Waals surface area contributed by atoms with Gasteiger partial charge in [-0.15, -0.1) is 5.10 Å². The summed E-state index contributed by atoms with van der Waals surface area (Å²) in [6, 6.07) is -1.47. The van der Waals surface area contributed by atoms with Crippen LogP contribution >= 0.6 is 0 Å². The maximum Gasteiger partial charge on any atom is 0.305 e. The van der Waals surface area contributed by atoms with Gasteiger partial charge in [-0.2, -0.15) is 0 Å². The van der Waals surface area contributed by atoms with Gasteiger partial charge in [0.05, 0.1) is 5.69 Å². The van der Waals surface area contributed by atoms with E-state index in [1.807, 2.05) is 0 Å². The first-order valence-corrected chi connectivity index (χ1v) is 11.4. The Bertz CT molecular complexity index is 1100. The number of hydrogen-bond acceptors (Lipinski definition) is 13. The fourth-order valence-corrected chi connectivity index (χ4v) is 3.59. The molecule has 0 saturated carbocycles. The number of rotatable bonds is 11. The lowest BCUT2D eigenvalue weighted by molar-refractivity contribution is -0.259. The summed E-state index contributed by atoms with van der Waals surface area (Å²) in [6.45, 7) is 3.61. The Morgan fingerprint density at radius 2 is 1.53 bits per heavy atom. The molecule has 38 heavy (non-hydrogen) atoms. The molecule has 1 saturated heterocycles. The number of ketones is 2.